The number of hydrogen-bond donors (Lipinski definition) is 0. The zero-order valence-corrected chi connectivity index (χ0v) is 14.4. The molecule has 0 radical (unpaired) electrons. The van der Waals surface area contributed by atoms with Gasteiger partial charge in [-0.1, -0.05) is 0 Å². The Bertz CT molecular complexity index is 609. The molecule has 0 bridgehead atoms. The van der Waals surface area contributed by atoms with Gasteiger partial charge in [-0.15, -0.1) is 0 Å². The van der Waals surface area contributed by atoms with E-state index in [-0.39, 0.29) is 0 Å². The number of aryl methyl sites for hydroxylation is 2. The molecule has 2 aromatic rings. The second kappa shape index (κ2) is 5.87. The van der Waals surface area contributed by atoms with Gasteiger partial charge in [-0.3, -0.25) is 0 Å². The van der Waals surface area contributed by atoms with Gasteiger partial charge in [-0.2, -0.15) is 0 Å². The van der Waals surface area contributed by atoms with Crippen molar-refractivity contribution >= 4 is 27.2 Å². The number of imidazole rings is 1. The molecule has 0 aliphatic rings. The van der Waals surface area contributed by atoms with E-state index in [0.717, 1.165) is 5.44 Å². The van der Waals surface area contributed by atoms with Gasteiger partial charge in [0.05, 0.1) is 0 Å². The van der Waals surface area contributed by atoms with E-state index < -0.39 is 7.81 Å². The maximum absolute atomic E-state index is 10.7. The number of hydrogen-bond acceptors (Lipinski definition) is 0. The summed E-state index contributed by atoms with van der Waals surface area (Å²) in [4.78, 5) is 0. The molecule has 2 rings (SSSR count). The summed E-state index contributed by atoms with van der Waals surface area (Å²) in [5.74, 6) is 0. The fraction of sp³-hybridized carbons (Fsp3) is 0.250. The Balaban J connectivity index is 0.000000295. The molecule has 10 heteroatoms. The number of aromatic nitrogens is 2. The topological polar surface area (TPSA) is 8.81 Å². The Morgan fingerprint density at radius 3 is 1.95 bits per heavy atom. The van der Waals surface area contributed by atoms with Crippen LogP contribution in [0.5, 0.6) is 0 Å². The molecule has 0 saturated heterocycles. The van der Waals surface area contributed by atoms with Crippen LogP contribution < -0.4 is 9.03 Å². The van der Waals surface area contributed by atoms with Gasteiger partial charge in [-0.05, 0) is 0 Å². The first-order valence-electron chi connectivity index (χ1n) is 5.96. The van der Waals surface area contributed by atoms with Gasteiger partial charge in [0.25, 0.3) is 0 Å². The standard InChI is InChI=1S/C12H15N2Se.F6P/c1-11-3-5-12(6-4-11)15-10-14-8-7-13(2)9-14;1-7(2,3,4,5)6/h3-9H,10H2,1-2H3;/q+1;-1. The fourth-order valence-electron chi connectivity index (χ4n) is 1.36. The summed E-state index contributed by atoms with van der Waals surface area (Å²) in [6, 6.07) is 8.84. The van der Waals surface area contributed by atoms with E-state index in [1.165, 1.54) is 10.0 Å². The average Bonchev–Trinajstić information content (AvgIpc) is 2.70. The van der Waals surface area contributed by atoms with Crippen molar-refractivity contribution in [3.05, 3.63) is 48.5 Å². The Labute approximate surface area is 130 Å². The average molecular weight is 411 g/mol. The van der Waals surface area contributed by atoms with E-state index >= 15 is 0 Å². The molecule has 1 aromatic heterocycles. The molecule has 0 aliphatic heterocycles. The fourth-order valence-corrected chi connectivity index (χ4v) is 3.00. The quantitative estimate of drug-likeness (QED) is 0.313. The first-order chi connectivity index (χ1) is 9.69. The predicted octanol–water partition coefficient (Wildman–Crippen LogP) is 3.99. The minimum atomic E-state index is -10.7. The van der Waals surface area contributed by atoms with Crippen LogP contribution in [0.4, 0.5) is 25.2 Å². The van der Waals surface area contributed by atoms with Crippen LogP contribution in [0.25, 0.3) is 0 Å². The van der Waals surface area contributed by atoms with Crippen molar-refractivity contribution in [2.75, 3.05) is 0 Å². The molecule has 2 nitrogen and oxygen atoms in total. The van der Waals surface area contributed by atoms with E-state index in [4.69, 9.17) is 0 Å². The molecule has 0 saturated carbocycles. The molecule has 0 unspecified atom stereocenters. The molecule has 1 aromatic carbocycles. The minimum absolute atomic E-state index is 0.527. The van der Waals surface area contributed by atoms with Gasteiger partial charge in [0, 0.05) is 0 Å². The van der Waals surface area contributed by atoms with E-state index in [1.54, 1.807) is 0 Å². The summed E-state index contributed by atoms with van der Waals surface area (Å²) >= 11 is 0.527. The third-order valence-corrected chi connectivity index (χ3v) is 4.39. The predicted molar refractivity (Wildman–Crippen MR) is 75.7 cm³/mol. The van der Waals surface area contributed by atoms with E-state index in [1.807, 2.05) is 0 Å². The van der Waals surface area contributed by atoms with Gasteiger partial charge >= 0.3 is 130 Å². The molecule has 0 N–H and O–H groups in total. The number of halogens is 6. The number of benzene rings is 1. The van der Waals surface area contributed by atoms with Gasteiger partial charge < -0.3 is 0 Å². The second-order valence-corrected chi connectivity index (χ2v) is 8.69. The first kappa shape index (κ1) is 19.0. The van der Waals surface area contributed by atoms with Crippen molar-refractivity contribution in [2.24, 2.45) is 7.05 Å². The summed E-state index contributed by atoms with van der Waals surface area (Å²) in [5, 5.41) is 0. The Morgan fingerprint density at radius 2 is 1.55 bits per heavy atom. The van der Waals surface area contributed by atoms with Crippen LogP contribution in [0.1, 0.15) is 5.56 Å². The molecule has 0 amide bonds. The molecule has 126 valence electrons. The molecule has 22 heavy (non-hydrogen) atoms. The van der Waals surface area contributed by atoms with Crippen molar-refractivity contribution < 1.29 is 29.7 Å². The van der Waals surface area contributed by atoms with Crippen LogP contribution >= 0.6 is 7.81 Å². The summed E-state index contributed by atoms with van der Waals surface area (Å²) in [6.07, 6.45) is 6.32. The second-order valence-electron chi connectivity index (χ2n) is 4.64. The molecular weight excluding hydrogens is 396 g/mol. The SMILES string of the molecule is Cc1ccc([Se]Cn2cc[n+](C)c2)cc1.F[P-](F)(F)(F)(F)F. The van der Waals surface area contributed by atoms with Crippen molar-refractivity contribution in [1.82, 2.24) is 4.57 Å². The van der Waals surface area contributed by atoms with Gasteiger partial charge in [0.1, 0.15) is 0 Å². The van der Waals surface area contributed by atoms with Crippen LogP contribution in [0.2, 0.25) is 0 Å². The van der Waals surface area contributed by atoms with Gasteiger partial charge in [-0.25, -0.2) is 0 Å². The number of nitrogens with zero attached hydrogens (tertiary/aromatic N) is 2. The molecule has 0 spiro atoms. The van der Waals surface area contributed by atoms with Gasteiger partial charge in [0.2, 0.25) is 0 Å². The summed E-state index contributed by atoms with van der Waals surface area (Å²) in [7, 11) is -8.61. The third kappa shape index (κ3) is 11.6. The first-order valence-corrected chi connectivity index (χ1v) is 10.1. The Hall–Kier alpha value is -1.04. The van der Waals surface area contributed by atoms with E-state index in [2.05, 4.69) is 66.1 Å². The van der Waals surface area contributed by atoms with Crippen LogP contribution in [0, 0.1) is 6.92 Å². The zero-order valence-electron chi connectivity index (χ0n) is 11.8. The number of rotatable bonds is 3. The van der Waals surface area contributed by atoms with Crippen molar-refractivity contribution in [3.8, 4) is 0 Å². The molecule has 1 heterocycles. The van der Waals surface area contributed by atoms with E-state index in [0.29, 0.717) is 15.0 Å². The summed E-state index contributed by atoms with van der Waals surface area (Å²) in [6.45, 7) is 2.13. The molecular formula is C12H15F6N2PSe. The van der Waals surface area contributed by atoms with Crippen LogP contribution in [0.3, 0.4) is 0 Å². The Morgan fingerprint density at radius 1 is 1.05 bits per heavy atom. The van der Waals surface area contributed by atoms with Crippen molar-refractivity contribution in [3.63, 3.8) is 0 Å². The van der Waals surface area contributed by atoms with Crippen LogP contribution in [-0.4, -0.2) is 19.5 Å². The third-order valence-electron chi connectivity index (χ3n) is 2.23. The molecule has 0 fully saturated rings. The maximum atomic E-state index is 9.87. The van der Waals surface area contributed by atoms with Crippen LogP contribution in [0.15, 0.2) is 43.0 Å². The molecule has 0 atom stereocenters. The normalized spacial score (nSPS) is 14.5. The van der Waals surface area contributed by atoms with Gasteiger partial charge in [0.15, 0.2) is 0 Å². The van der Waals surface area contributed by atoms with Crippen molar-refractivity contribution in [2.45, 2.75) is 12.4 Å². The summed E-state index contributed by atoms with van der Waals surface area (Å²) < 4.78 is 65.0. The van der Waals surface area contributed by atoms with Crippen LogP contribution in [-0.2, 0) is 12.5 Å². The monoisotopic (exact) mass is 412 g/mol. The zero-order chi connectivity index (χ0) is 17.1. The van der Waals surface area contributed by atoms with E-state index in [9.17, 15) is 25.2 Å². The Kier molecular flexibility index (Phi) is 5.07. The van der Waals surface area contributed by atoms with Crippen molar-refractivity contribution in [1.29, 1.82) is 0 Å². The molecule has 0 aliphatic carbocycles. The summed E-state index contributed by atoms with van der Waals surface area (Å²) in [5.41, 5.74) is 2.44.